The zero-order valence-electron chi connectivity index (χ0n) is 12.8. The van der Waals surface area contributed by atoms with Crippen LogP contribution in [-0.2, 0) is 29.1 Å². The molecule has 8 heteroatoms. The van der Waals surface area contributed by atoms with Crippen LogP contribution in [0.3, 0.4) is 0 Å². The first-order valence-electron chi connectivity index (χ1n) is 7.47. The van der Waals surface area contributed by atoms with Gasteiger partial charge in [0.05, 0.1) is 6.54 Å². The van der Waals surface area contributed by atoms with E-state index in [4.69, 9.17) is 0 Å². The number of aryl methyl sites for hydroxylation is 1. The number of nitrogens with zero attached hydrogens (tertiary/aromatic N) is 5. The van der Waals surface area contributed by atoms with Crippen molar-refractivity contribution < 1.29 is 9.59 Å². The number of aromatic nitrogens is 4. The summed E-state index contributed by atoms with van der Waals surface area (Å²) < 4.78 is 1.50. The van der Waals surface area contributed by atoms with E-state index in [1.165, 1.54) is 11.0 Å². The quantitative estimate of drug-likeness (QED) is 0.841. The smallest absolute Gasteiger partial charge is 0.242 e. The van der Waals surface area contributed by atoms with Crippen LogP contribution in [0.1, 0.15) is 17.5 Å². The van der Waals surface area contributed by atoms with Crippen LogP contribution in [0.25, 0.3) is 0 Å². The van der Waals surface area contributed by atoms with E-state index in [9.17, 15) is 9.59 Å². The molecule has 0 saturated carbocycles. The van der Waals surface area contributed by atoms with E-state index in [0.29, 0.717) is 19.5 Å². The number of tetrazole rings is 1. The molecule has 1 aromatic heterocycles. The number of hydrogen-bond donors (Lipinski definition) is 1. The Hall–Kier alpha value is -2.77. The van der Waals surface area contributed by atoms with Crippen molar-refractivity contribution in [1.82, 2.24) is 30.4 Å². The lowest BCUT2D eigenvalue weighted by molar-refractivity contribution is -0.141. The van der Waals surface area contributed by atoms with Gasteiger partial charge in [-0.25, -0.2) is 4.68 Å². The Balaban J connectivity index is 1.77. The van der Waals surface area contributed by atoms with E-state index in [1.807, 2.05) is 24.3 Å². The summed E-state index contributed by atoms with van der Waals surface area (Å²) in [6, 6.07) is 7.43. The normalized spacial score (nSPS) is 16.7. The molecule has 0 radical (unpaired) electrons. The number of benzene rings is 1. The molecular weight excluding hydrogens is 296 g/mol. The molecule has 0 saturated heterocycles. The average Bonchev–Trinajstić information content (AvgIpc) is 3.11. The first-order chi connectivity index (χ1) is 11.2. The van der Waals surface area contributed by atoms with Crippen LogP contribution in [0.15, 0.2) is 30.6 Å². The zero-order valence-corrected chi connectivity index (χ0v) is 12.8. The van der Waals surface area contributed by atoms with Crippen LogP contribution in [0, 0.1) is 0 Å². The predicted octanol–water partition coefficient (Wildman–Crippen LogP) is -0.237. The van der Waals surface area contributed by atoms with Crippen molar-refractivity contribution in [3.8, 4) is 0 Å². The lowest BCUT2D eigenvalue weighted by Crippen LogP contribution is -2.52. The molecule has 0 fully saturated rings. The third-order valence-corrected chi connectivity index (χ3v) is 4.06. The lowest BCUT2D eigenvalue weighted by atomic mass is 9.93. The van der Waals surface area contributed by atoms with Crippen LogP contribution in [0.4, 0.5) is 0 Å². The Kier molecular flexibility index (Phi) is 4.31. The van der Waals surface area contributed by atoms with Crippen LogP contribution in [0.5, 0.6) is 0 Å². The van der Waals surface area contributed by atoms with Crippen LogP contribution >= 0.6 is 0 Å². The largest absolute Gasteiger partial charge is 0.357 e. The van der Waals surface area contributed by atoms with E-state index in [0.717, 1.165) is 11.1 Å². The lowest BCUT2D eigenvalue weighted by Gasteiger charge is -2.35. The number of likely N-dealkylation sites (N-methyl/N-ethyl adjacent to an activating group) is 1. The molecule has 23 heavy (non-hydrogen) atoms. The molecular formula is C15H18N6O2. The van der Waals surface area contributed by atoms with Gasteiger partial charge < -0.3 is 10.2 Å². The van der Waals surface area contributed by atoms with Crippen molar-refractivity contribution in [2.24, 2.45) is 0 Å². The van der Waals surface area contributed by atoms with E-state index < -0.39 is 6.04 Å². The minimum atomic E-state index is -0.476. The molecule has 1 atom stereocenters. The van der Waals surface area contributed by atoms with Crippen LogP contribution in [0.2, 0.25) is 0 Å². The molecule has 2 heterocycles. The maximum absolute atomic E-state index is 12.6. The Bertz CT molecular complexity index is 700. The van der Waals surface area contributed by atoms with Crippen LogP contribution < -0.4 is 5.32 Å². The van der Waals surface area contributed by atoms with Gasteiger partial charge in [0, 0.05) is 26.4 Å². The Morgan fingerprint density at radius 1 is 1.30 bits per heavy atom. The first kappa shape index (κ1) is 15.1. The van der Waals surface area contributed by atoms with Crippen molar-refractivity contribution in [2.75, 3.05) is 7.05 Å². The minimum absolute atomic E-state index is 0.0800. The number of carbonyl (C=O) groups excluding carboxylic acids is 2. The summed E-state index contributed by atoms with van der Waals surface area (Å²) in [6.45, 7) is 0.840. The van der Waals surface area contributed by atoms with Gasteiger partial charge in [-0.1, -0.05) is 24.3 Å². The summed E-state index contributed by atoms with van der Waals surface area (Å²) in [5.74, 6) is -0.223. The summed E-state index contributed by atoms with van der Waals surface area (Å²) in [5, 5.41) is 13.5. The van der Waals surface area contributed by atoms with Gasteiger partial charge in [0.15, 0.2) is 0 Å². The topological polar surface area (TPSA) is 93.0 Å². The highest BCUT2D eigenvalue weighted by molar-refractivity contribution is 5.88. The summed E-state index contributed by atoms with van der Waals surface area (Å²) in [5.41, 5.74) is 2.20. The number of carbonyl (C=O) groups is 2. The molecule has 1 aromatic carbocycles. The molecule has 0 spiro atoms. The molecule has 2 amide bonds. The Labute approximate surface area is 133 Å². The molecule has 0 aliphatic carbocycles. The highest BCUT2D eigenvalue weighted by atomic mass is 16.2. The fraction of sp³-hybridized carbons (Fsp3) is 0.400. The minimum Gasteiger partial charge on any atom is -0.357 e. The van der Waals surface area contributed by atoms with E-state index in [-0.39, 0.29) is 18.2 Å². The SMILES string of the molecule is CNC(=O)[C@@H]1Cc2ccccc2CN1C(=O)CCn1cnnn1. The van der Waals surface area contributed by atoms with Crippen molar-refractivity contribution in [2.45, 2.75) is 32.0 Å². The maximum atomic E-state index is 12.6. The fourth-order valence-electron chi connectivity index (χ4n) is 2.82. The second kappa shape index (κ2) is 6.55. The highest BCUT2D eigenvalue weighted by Gasteiger charge is 2.33. The molecule has 2 aromatic rings. The third kappa shape index (κ3) is 3.20. The predicted molar refractivity (Wildman–Crippen MR) is 81.0 cm³/mol. The van der Waals surface area contributed by atoms with E-state index in [2.05, 4.69) is 20.8 Å². The first-order valence-corrected chi connectivity index (χ1v) is 7.47. The van der Waals surface area contributed by atoms with Gasteiger partial charge in [0.25, 0.3) is 0 Å². The van der Waals surface area contributed by atoms with Gasteiger partial charge in [-0.2, -0.15) is 0 Å². The molecule has 8 nitrogen and oxygen atoms in total. The molecule has 1 aliphatic heterocycles. The second-order valence-corrected chi connectivity index (χ2v) is 5.45. The van der Waals surface area contributed by atoms with Gasteiger partial charge >= 0.3 is 0 Å². The monoisotopic (exact) mass is 314 g/mol. The van der Waals surface area contributed by atoms with Crippen LogP contribution in [-0.4, -0.2) is 50.0 Å². The molecule has 0 bridgehead atoms. The molecule has 0 unspecified atom stereocenters. The van der Waals surface area contributed by atoms with Gasteiger partial charge in [0.2, 0.25) is 11.8 Å². The van der Waals surface area contributed by atoms with Crippen molar-refractivity contribution in [3.05, 3.63) is 41.7 Å². The molecule has 3 rings (SSSR count). The summed E-state index contributed by atoms with van der Waals surface area (Å²) >= 11 is 0. The number of hydrogen-bond acceptors (Lipinski definition) is 5. The Morgan fingerprint density at radius 2 is 2.09 bits per heavy atom. The number of amides is 2. The van der Waals surface area contributed by atoms with Gasteiger partial charge in [0.1, 0.15) is 12.4 Å². The average molecular weight is 314 g/mol. The standard InChI is InChI=1S/C15H18N6O2/c1-16-15(23)13-8-11-4-2-3-5-12(11)9-21(13)14(22)6-7-20-10-17-18-19-20/h2-5,10,13H,6-9H2,1H3,(H,16,23)/t13-/m0/s1. The number of rotatable bonds is 4. The van der Waals surface area contributed by atoms with Gasteiger partial charge in [-0.05, 0) is 21.6 Å². The third-order valence-electron chi connectivity index (χ3n) is 4.06. The molecule has 1 aliphatic rings. The zero-order chi connectivity index (χ0) is 16.2. The van der Waals surface area contributed by atoms with Crippen molar-refractivity contribution in [3.63, 3.8) is 0 Å². The highest BCUT2D eigenvalue weighted by Crippen LogP contribution is 2.24. The fourth-order valence-corrected chi connectivity index (χ4v) is 2.82. The van der Waals surface area contributed by atoms with Crippen molar-refractivity contribution in [1.29, 1.82) is 0 Å². The van der Waals surface area contributed by atoms with Gasteiger partial charge in [-0.15, -0.1) is 5.10 Å². The second-order valence-electron chi connectivity index (χ2n) is 5.45. The van der Waals surface area contributed by atoms with Crippen molar-refractivity contribution >= 4 is 11.8 Å². The summed E-state index contributed by atoms with van der Waals surface area (Å²) in [4.78, 5) is 26.4. The van der Waals surface area contributed by atoms with E-state index >= 15 is 0 Å². The number of fused-ring (bicyclic) bond motifs is 1. The summed E-state index contributed by atoms with van der Waals surface area (Å²) in [6.07, 6.45) is 2.25. The summed E-state index contributed by atoms with van der Waals surface area (Å²) in [7, 11) is 1.59. The Morgan fingerprint density at radius 3 is 2.78 bits per heavy atom. The maximum Gasteiger partial charge on any atom is 0.242 e. The van der Waals surface area contributed by atoms with E-state index in [1.54, 1.807) is 11.9 Å². The number of nitrogens with one attached hydrogen (secondary N) is 1. The molecule has 1 N–H and O–H groups in total. The molecule has 120 valence electrons. The van der Waals surface area contributed by atoms with Gasteiger partial charge in [-0.3, -0.25) is 9.59 Å².